The fourth-order valence-electron chi connectivity index (χ4n) is 3.31. The van der Waals surface area contributed by atoms with Crippen LogP contribution in [0.3, 0.4) is 0 Å². The Kier molecular flexibility index (Phi) is 8.11. The zero-order chi connectivity index (χ0) is 19.9. The highest BCUT2D eigenvalue weighted by atomic mass is 16.5. The third-order valence-electron chi connectivity index (χ3n) is 5.22. The number of esters is 1. The monoisotopic (exact) mass is 376 g/mol. The van der Waals surface area contributed by atoms with Crippen molar-refractivity contribution in [2.24, 2.45) is 5.92 Å². The van der Waals surface area contributed by atoms with Crippen LogP contribution in [0.25, 0.3) is 0 Å². The second-order valence-electron chi connectivity index (χ2n) is 8.62. The third-order valence-corrected chi connectivity index (χ3v) is 5.22. The fourth-order valence-corrected chi connectivity index (χ4v) is 3.31. The molecule has 0 aliphatic carbocycles. The Morgan fingerprint density at radius 2 is 1.85 bits per heavy atom. The Morgan fingerprint density at radius 3 is 2.41 bits per heavy atom. The molecule has 0 atom stereocenters. The summed E-state index contributed by atoms with van der Waals surface area (Å²) in [4.78, 5) is 13.6. The number of ether oxygens (including phenoxy) is 2. The Morgan fingerprint density at radius 1 is 1.22 bits per heavy atom. The van der Waals surface area contributed by atoms with Gasteiger partial charge in [0.1, 0.15) is 5.75 Å². The molecule has 0 aromatic heterocycles. The highest BCUT2D eigenvalue weighted by Gasteiger charge is 2.25. The number of methoxy groups -OCH3 is 1. The highest BCUT2D eigenvalue weighted by Crippen LogP contribution is 2.25. The van der Waals surface area contributed by atoms with Gasteiger partial charge in [0, 0.05) is 31.1 Å². The highest BCUT2D eigenvalue weighted by molar-refractivity contribution is 5.71. The van der Waals surface area contributed by atoms with E-state index in [1.54, 1.807) is 0 Å². The maximum absolute atomic E-state index is 11.4. The van der Waals surface area contributed by atoms with Crippen molar-refractivity contribution in [3.8, 4) is 5.75 Å². The van der Waals surface area contributed by atoms with Crippen LogP contribution in [0.1, 0.15) is 46.1 Å². The van der Waals surface area contributed by atoms with Crippen LogP contribution in [0.15, 0.2) is 24.3 Å². The van der Waals surface area contributed by atoms with Crippen molar-refractivity contribution in [3.63, 3.8) is 0 Å². The largest absolute Gasteiger partial charge is 0.493 e. The summed E-state index contributed by atoms with van der Waals surface area (Å²) >= 11 is 0. The van der Waals surface area contributed by atoms with Gasteiger partial charge in [-0.2, -0.15) is 0 Å². The van der Waals surface area contributed by atoms with Crippen molar-refractivity contribution < 1.29 is 14.3 Å². The summed E-state index contributed by atoms with van der Waals surface area (Å²) in [6, 6.07) is 9.01. The van der Waals surface area contributed by atoms with E-state index in [9.17, 15) is 4.79 Å². The lowest BCUT2D eigenvalue weighted by Crippen LogP contribution is -2.47. The van der Waals surface area contributed by atoms with Gasteiger partial charge in [0.2, 0.25) is 0 Å². The number of hydrogen-bond donors (Lipinski definition) is 1. The van der Waals surface area contributed by atoms with E-state index in [4.69, 9.17) is 9.47 Å². The first-order valence-electron chi connectivity index (χ1n) is 10.1. The summed E-state index contributed by atoms with van der Waals surface area (Å²) in [6.07, 6.45) is 2.13. The number of hydrogen-bond acceptors (Lipinski definition) is 5. The standard InChI is InChI=1S/C22H36N2O3/c1-17(2)15-27-20-8-6-18(7-9-20)22(3,4)16-23-19-10-12-24(13-11-19)14-21(25)26-5/h6-9,17,19,23H,10-16H2,1-5H3. The summed E-state index contributed by atoms with van der Waals surface area (Å²) < 4.78 is 10.5. The second kappa shape index (κ2) is 10.1. The molecule has 1 aliphatic heterocycles. The quantitative estimate of drug-likeness (QED) is 0.671. The Labute approximate surface area is 164 Å². The van der Waals surface area contributed by atoms with Crippen molar-refractivity contribution in [2.45, 2.75) is 52.0 Å². The molecule has 2 rings (SSSR count). The number of rotatable bonds is 9. The van der Waals surface area contributed by atoms with Gasteiger partial charge in [-0.25, -0.2) is 0 Å². The molecule has 1 N–H and O–H groups in total. The zero-order valence-electron chi connectivity index (χ0n) is 17.6. The van der Waals surface area contributed by atoms with E-state index in [0.717, 1.165) is 44.8 Å². The molecule has 0 bridgehead atoms. The van der Waals surface area contributed by atoms with Crippen LogP contribution in [0, 0.1) is 5.92 Å². The molecule has 27 heavy (non-hydrogen) atoms. The van der Waals surface area contributed by atoms with Gasteiger partial charge in [-0.1, -0.05) is 39.8 Å². The molecule has 5 heteroatoms. The molecule has 0 spiro atoms. The molecule has 0 amide bonds. The summed E-state index contributed by atoms with van der Waals surface area (Å²) in [7, 11) is 1.45. The topological polar surface area (TPSA) is 50.8 Å². The van der Waals surface area contributed by atoms with Crippen LogP contribution in [0.5, 0.6) is 5.75 Å². The molecule has 152 valence electrons. The maximum Gasteiger partial charge on any atom is 0.319 e. The molecule has 0 saturated carbocycles. The first-order valence-corrected chi connectivity index (χ1v) is 10.1. The lowest BCUT2D eigenvalue weighted by atomic mass is 9.84. The van der Waals surface area contributed by atoms with Crippen LogP contribution in [-0.2, 0) is 14.9 Å². The number of nitrogens with zero attached hydrogens (tertiary/aromatic N) is 1. The molecule has 1 heterocycles. The van der Waals surface area contributed by atoms with Crippen LogP contribution in [0.4, 0.5) is 0 Å². The predicted molar refractivity (Wildman–Crippen MR) is 109 cm³/mol. The third kappa shape index (κ3) is 7.15. The molecule has 1 aromatic rings. The van der Waals surface area contributed by atoms with Crippen LogP contribution < -0.4 is 10.1 Å². The molecule has 0 unspecified atom stereocenters. The number of piperidine rings is 1. The Bertz CT molecular complexity index is 576. The van der Waals surface area contributed by atoms with Crippen LogP contribution in [-0.4, -0.2) is 56.8 Å². The predicted octanol–water partition coefficient (Wildman–Crippen LogP) is 3.23. The van der Waals surface area contributed by atoms with Gasteiger partial charge in [-0.05, 0) is 36.5 Å². The Hall–Kier alpha value is -1.59. The number of nitrogens with one attached hydrogen (secondary N) is 1. The lowest BCUT2D eigenvalue weighted by molar-refractivity contribution is -0.142. The van der Waals surface area contributed by atoms with E-state index in [-0.39, 0.29) is 11.4 Å². The summed E-state index contributed by atoms with van der Waals surface area (Å²) in [6.45, 7) is 12.8. The van der Waals surface area contributed by atoms with E-state index in [0.29, 0.717) is 18.5 Å². The van der Waals surface area contributed by atoms with E-state index < -0.39 is 0 Å². The van der Waals surface area contributed by atoms with Crippen LogP contribution >= 0.6 is 0 Å². The van der Waals surface area contributed by atoms with Crippen molar-refractivity contribution in [1.82, 2.24) is 10.2 Å². The molecule has 1 aromatic carbocycles. The Balaban J connectivity index is 1.78. The average Bonchev–Trinajstić information content (AvgIpc) is 2.66. The van der Waals surface area contributed by atoms with Crippen molar-refractivity contribution in [2.75, 3.05) is 39.9 Å². The summed E-state index contributed by atoms with van der Waals surface area (Å²) in [5, 5.41) is 3.73. The average molecular weight is 377 g/mol. The minimum Gasteiger partial charge on any atom is -0.493 e. The minimum atomic E-state index is -0.150. The van der Waals surface area contributed by atoms with Gasteiger partial charge >= 0.3 is 5.97 Å². The molecule has 1 fully saturated rings. The van der Waals surface area contributed by atoms with Gasteiger partial charge in [-0.3, -0.25) is 9.69 Å². The van der Waals surface area contributed by atoms with Gasteiger partial charge in [0.05, 0.1) is 20.3 Å². The SMILES string of the molecule is COC(=O)CN1CCC(NCC(C)(C)c2ccc(OCC(C)C)cc2)CC1. The van der Waals surface area contributed by atoms with Crippen molar-refractivity contribution >= 4 is 5.97 Å². The van der Waals surface area contributed by atoms with Crippen molar-refractivity contribution in [1.29, 1.82) is 0 Å². The van der Waals surface area contributed by atoms with Crippen LogP contribution in [0.2, 0.25) is 0 Å². The number of likely N-dealkylation sites (tertiary alicyclic amines) is 1. The van der Waals surface area contributed by atoms with Gasteiger partial charge < -0.3 is 14.8 Å². The number of benzene rings is 1. The van der Waals surface area contributed by atoms with Crippen molar-refractivity contribution in [3.05, 3.63) is 29.8 Å². The number of carbonyl (C=O) groups is 1. The molecular weight excluding hydrogens is 340 g/mol. The molecule has 5 nitrogen and oxygen atoms in total. The van der Waals surface area contributed by atoms with E-state index in [1.807, 2.05) is 0 Å². The van der Waals surface area contributed by atoms with E-state index in [2.05, 4.69) is 62.2 Å². The van der Waals surface area contributed by atoms with E-state index >= 15 is 0 Å². The molecular formula is C22H36N2O3. The summed E-state index contributed by atoms with van der Waals surface area (Å²) in [5.41, 5.74) is 1.37. The van der Waals surface area contributed by atoms with Gasteiger partial charge in [-0.15, -0.1) is 0 Å². The first kappa shape index (κ1) is 21.7. The molecule has 1 saturated heterocycles. The number of carbonyl (C=O) groups excluding carboxylic acids is 1. The summed E-state index contributed by atoms with van der Waals surface area (Å²) in [5.74, 6) is 1.32. The molecule has 1 aliphatic rings. The van der Waals surface area contributed by atoms with E-state index in [1.165, 1.54) is 12.7 Å². The normalized spacial score (nSPS) is 16.5. The minimum absolute atomic E-state index is 0.0553. The zero-order valence-corrected chi connectivity index (χ0v) is 17.6. The first-order chi connectivity index (χ1) is 12.8. The smallest absolute Gasteiger partial charge is 0.319 e. The van der Waals surface area contributed by atoms with Gasteiger partial charge in [0.25, 0.3) is 0 Å². The fraction of sp³-hybridized carbons (Fsp3) is 0.682. The second-order valence-corrected chi connectivity index (χ2v) is 8.62. The lowest BCUT2D eigenvalue weighted by Gasteiger charge is -2.34. The van der Waals surface area contributed by atoms with Gasteiger partial charge in [0.15, 0.2) is 0 Å². The molecule has 0 radical (unpaired) electrons. The maximum atomic E-state index is 11.4.